The summed E-state index contributed by atoms with van der Waals surface area (Å²) in [5.74, 6) is 0. The van der Waals surface area contributed by atoms with E-state index in [4.69, 9.17) is 0 Å². The van der Waals surface area contributed by atoms with Gasteiger partial charge in [-0.15, -0.1) is 0 Å². The first-order chi connectivity index (χ1) is 13.2. The predicted molar refractivity (Wildman–Crippen MR) is 99.2 cm³/mol. The first-order valence-corrected chi connectivity index (χ1v) is 8.88. The number of H-pyrrole nitrogens is 2. The molecule has 2 aromatic carbocycles. The molecule has 1 aliphatic rings. The molecule has 0 radical (unpaired) electrons. The average molecular weight is 389 g/mol. The molecule has 2 heterocycles. The Bertz CT molecular complexity index is 1180. The SMILES string of the molecule is Cc1cc2[nH]c(=O)c(=O)[nH]c2c2c1CN(Cc1cccc(C(F)(F)F)c1)CC2. The number of alkyl halides is 3. The Morgan fingerprint density at radius 1 is 1.07 bits per heavy atom. The summed E-state index contributed by atoms with van der Waals surface area (Å²) in [6, 6.07) is 7.20. The van der Waals surface area contributed by atoms with Crippen molar-refractivity contribution in [1.82, 2.24) is 14.9 Å². The van der Waals surface area contributed by atoms with Gasteiger partial charge in [-0.3, -0.25) is 14.5 Å². The fourth-order valence-electron chi connectivity index (χ4n) is 3.83. The van der Waals surface area contributed by atoms with Gasteiger partial charge in [-0.25, -0.2) is 0 Å². The van der Waals surface area contributed by atoms with E-state index >= 15 is 0 Å². The van der Waals surface area contributed by atoms with Gasteiger partial charge in [-0.05, 0) is 47.7 Å². The van der Waals surface area contributed by atoms with Crippen LogP contribution in [0.3, 0.4) is 0 Å². The zero-order chi connectivity index (χ0) is 20.1. The summed E-state index contributed by atoms with van der Waals surface area (Å²) in [5.41, 5.74) is 2.78. The van der Waals surface area contributed by atoms with Crippen LogP contribution >= 0.6 is 0 Å². The van der Waals surface area contributed by atoms with Crippen LogP contribution in [-0.2, 0) is 25.7 Å². The van der Waals surface area contributed by atoms with Gasteiger partial charge in [-0.1, -0.05) is 18.2 Å². The molecule has 3 aromatic rings. The highest BCUT2D eigenvalue weighted by molar-refractivity contribution is 5.80. The molecule has 0 saturated carbocycles. The van der Waals surface area contributed by atoms with E-state index in [1.165, 1.54) is 12.1 Å². The van der Waals surface area contributed by atoms with Gasteiger partial charge >= 0.3 is 17.3 Å². The molecule has 0 saturated heterocycles. The minimum absolute atomic E-state index is 0.406. The predicted octanol–water partition coefficient (Wildman–Crippen LogP) is 3.10. The zero-order valence-electron chi connectivity index (χ0n) is 15.1. The number of nitrogens with zero attached hydrogens (tertiary/aromatic N) is 1. The normalized spacial score (nSPS) is 15.0. The summed E-state index contributed by atoms with van der Waals surface area (Å²) in [7, 11) is 0. The molecule has 0 amide bonds. The molecule has 0 aliphatic carbocycles. The van der Waals surface area contributed by atoms with Crippen LogP contribution in [0.4, 0.5) is 13.2 Å². The second kappa shape index (κ2) is 6.63. The van der Waals surface area contributed by atoms with E-state index < -0.39 is 22.9 Å². The standard InChI is InChI=1S/C20H18F3N3O2/c1-11-7-16-17(25-19(28)18(27)24-16)14-5-6-26(10-15(11)14)9-12-3-2-4-13(8-12)20(21,22)23/h2-4,7-8H,5-6,9-10H2,1H3,(H,24,27)(H,25,28). The van der Waals surface area contributed by atoms with E-state index in [2.05, 4.69) is 14.9 Å². The summed E-state index contributed by atoms with van der Waals surface area (Å²) in [5, 5.41) is 0. The molecule has 4 rings (SSSR count). The summed E-state index contributed by atoms with van der Waals surface area (Å²) in [6.45, 7) is 3.54. The number of benzene rings is 2. The summed E-state index contributed by atoms with van der Waals surface area (Å²) in [4.78, 5) is 30.6. The van der Waals surface area contributed by atoms with E-state index in [0.29, 0.717) is 42.7 Å². The third kappa shape index (κ3) is 3.35. The van der Waals surface area contributed by atoms with Crippen LogP contribution in [0.15, 0.2) is 39.9 Å². The summed E-state index contributed by atoms with van der Waals surface area (Å²) < 4.78 is 38.8. The van der Waals surface area contributed by atoms with Crippen LogP contribution in [-0.4, -0.2) is 21.4 Å². The molecule has 5 nitrogen and oxygen atoms in total. The molecular formula is C20H18F3N3O2. The van der Waals surface area contributed by atoms with E-state index in [9.17, 15) is 22.8 Å². The van der Waals surface area contributed by atoms with E-state index in [-0.39, 0.29) is 0 Å². The van der Waals surface area contributed by atoms with Crippen molar-refractivity contribution in [3.8, 4) is 0 Å². The van der Waals surface area contributed by atoms with Crippen molar-refractivity contribution >= 4 is 11.0 Å². The summed E-state index contributed by atoms with van der Waals surface area (Å²) >= 11 is 0. The van der Waals surface area contributed by atoms with Crippen LogP contribution in [0.1, 0.15) is 27.8 Å². The Morgan fingerprint density at radius 2 is 1.82 bits per heavy atom. The highest BCUT2D eigenvalue weighted by atomic mass is 19.4. The van der Waals surface area contributed by atoms with Gasteiger partial charge in [-0.2, -0.15) is 13.2 Å². The first kappa shape index (κ1) is 18.5. The molecule has 0 spiro atoms. The van der Waals surface area contributed by atoms with Crippen LogP contribution in [0.2, 0.25) is 0 Å². The number of aromatic amines is 2. The Labute approximate surface area is 157 Å². The monoisotopic (exact) mass is 389 g/mol. The molecule has 0 unspecified atom stereocenters. The molecule has 8 heteroatoms. The van der Waals surface area contributed by atoms with Gasteiger partial charge in [0, 0.05) is 19.6 Å². The highest BCUT2D eigenvalue weighted by Crippen LogP contribution is 2.31. The highest BCUT2D eigenvalue weighted by Gasteiger charge is 2.30. The molecule has 28 heavy (non-hydrogen) atoms. The van der Waals surface area contributed by atoms with Crippen molar-refractivity contribution in [2.45, 2.75) is 32.6 Å². The number of hydrogen-bond donors (Lipinski definition) is 2. The largest absolute Gasteiger partial charge is 0.416 e. The lowest BCUT2D eigenvalue weighted by molar-refractivity contribution is -0.137. The van der Waals surface area contributed by atoms with Gasteiger partial charge in [0.15, 0.2) is 0 Å². The molecule has 0 bridgehead atoms. The van der Waals surface area contributed by atoms with Crippen LogP contribution < -0.4 is 11.1 Å². The minimum atomic E-state index is -4.36. The third-order valence-corrected chi connectivity index (χ3v) is 5.19. The fraction of sp³-hybridized carbons (Fsp3) is 0.300. The zero-order valence-corrected chi connectivity index (χ0v) is 15.1. The second-order valence-corrected chi connectivity index (χ2v) is 7.14. The van der Waals surface area contributed by atoms with Gasteiger partial charge in [0.2, 0.25) is 0 Å². The Balaban J connectivity index is 1.65. The molecule has 146 valence electrons. The third-order valence-electron chi connectivity index (χ3n) is 5.19. The van der Waals surface area contributed by atoms with Gasteiger partial charge in [0.1, 0.15) is 0 Å². The topological polar surface area (TPSA) is 69.0 Å². The van der Waals surface area contributed by atoms with Crippen molar-refractivity contribution in [2.24, 2.45) is 0 Å². The van der Waals surface area contributed by atoms with E-state index in [1.807, 2.05) is 13.0 Å². The second-order valence-electron chi connectivity index (χ2n) is 7.14. The first-order valence-electron chi connectivity index (χ1n) is 8.88. The van der Waals surface area contributed by atoms with Crippen LogP contribution in [0.5, 0.6) is 0 Å². The van der Waals surface area contributed by atoms with E-state index in [1.54, 1.807) is 6.07 Å². The number of rotatable bonds is 2. The summed E-state index contributed by atoms with van der Waals surface area (Å²) in [6.07, 6.45) is -3.72. The quantitative estimate of drug-likeness (QED) is 0.662. The number of aryl methyl sites for hydroxylation is 1. The maximum atomic E-state index is 12.9. The average Bonchev–Trinajstić information content (AvgIpc) is 2.63. The van der Waals surface area contributed by atoms with Gasteiger partial charge in [0.25, 0.3) is 0 Å². The maximum absolute atomic E-state index is 12.9. The number of hydrogen-bond acceptors (Lipinski definition) is 3. The van der Waals surface area contributed by atoms with Crippen molar-refractivity contribution in [3.63, 3.8) is 0 Å². The maximum Gasteiger partial charge on any atom is 0.416 e. The number of fused-ring (bicyclic) bond motifs is 3. The van der Waals surface area contributed by atoms with Crippen molar-refractivity contribution in [1.29, 1.82) is 0 Å². The van der Waals surface area contributed by atoms with Crippen molar-refractivity contribution < 1.29 is 13.2 Å². The Hall–Kier alpha value is -2.87. The lowest BCUT2D eigenvalue weighted by Gasteiger charge is -2.30. The number of nitrogens with one attached hydrogen (secondary N) is 2. The minimum Gasteiger partial charge on any atom is -0.316 e. The van der Waals surface area contributed by atoms with Gasteiger partial charge < -0.3 is 9.97 Å². The number of aromatic nitrogens is 2. The van der Waals surface area contributed by atoms with Gasteiger partial charge in [0.05, 0.1) is 16.6 Å². The molecular weight excluding hydrogens is 371 g/mol. The fourth-order valence-corrected chi connectivity index (χ4v) is 3.83. The lowest BCUT2D eigenvalue weighted by Crippen LogP contribution is -2.33. The Kier molecular flexibility index (Phi) is 4.38. The van der Waals surface area contributed by atoms with E-state index in [0.717, 1.165) is 22.8 Å². The lowest BCUT2D eigenvalue weighted by atomic mass is 9.93. The molecule has 1 aliphatic heterocycles. The molecule has 0 atom stereocenters. The van der Waals surface area contributed by atoms with Crippen LogP contribution in [0, 0.1) is 6.92 Å². The Morgan fingerprint density at radius 3 is 2.57 bits per heavy atom. The van der Waals surface area contributed by atoms with Crippen molar-refractivity contribution in [3.05, 3.63) is 78.9 Å². The molecule has 0 fully saturated rings. The molecule has 1 aromatic heterocycles. The van der Waals surface area contributed by atoms with Crippen LogP contribution in [0.25, 0.3) is 11.0 Å². The molecule has 2 N–H and O–H groups in total. The number of halogens is 3. The smallest absolute Gasteiger partial charge is 0.316 e. The van der Waals surface area contributed by atoms with Crippen molar-refractivity contribution in [2.75, 3.05) is 6.54 Å².